The molecule has 0 aliphatic carbocycles. The van der Waals surface area contributed by atoms with Crippen LogP contribution in [0.5, 0.6) is 5.75 Å². The highest BCUT2D eigenvalue weighted by Gasteiger charge is 2.09. The first-order valence-electron chi connectivity index (χ1n) is 3.65. The van der Waals surface area contributed by atoms with E-state index >= 15 is 0 Å². The number of benzene rings is 1. The Morgan fingerprint density at radius 1 is 1.50 bits per heavy atom. The van der Waals surface area contributed by atoms with Gasteiger partial charge < -0.3 is 9.84 Å². The molecule has 0 amide bonds. The van der Waals surface area contributed by atoms with Crippen molar-refractivity contribution in [1.29, 1.82) is 0 Å². The van der Waals surface area contributed by atoms with Crippen molar-refractivity contribution in [2.24, 2.45) is 0 Å². The normalized spacial score (nSPS) is 9.50. The lowest BCUT2D eigenvalue weighted by atomic mass is 10.2. The fraction of sp³-hybridized carbons (Fsp3) is 0.125. The number of carbonyl (C=O) groups is 1. The maximum atomic E-state index is 10.4. The van der Waals surface area contributed by atoms with E-state index < -0.39 is 11.7 Å². The van der Waals surface area contributed by atoms with Gasteiger partial charge in [-0.1, -0.05) is 0 Å². The Balaban J connectivity index is 3.12. The molecule has 0 saturated carbocycles. The van der Waals surface area contributed by atoms with Crippen LogP contribution >= 0.6 is 0 Å². The second-order valence-electron chi connectivity index (χ2n) is 2.41. The van der Waals surface area contributed by atoms with E-state index in [-0.39, 0.29) is 17.0 Å². The number of aliphatic hydroxyl groups is 1. The van der Waals surface area contributed by atoms with E-state index in [1.807, 2.05) is 0 Å². The quantitative estimate of drug-likeness (QED) is 0.332. The number of hydrogen-bond acceptors (Lipinski definition) is 5. The molecule has 0 fully saturated rings. The number of hydrogen-bond donors (Lipinski definition) is 1. The number of aldehydes is 1. The summed E-state index contributed by atoms with van der Waals surface area (Å²) in [6, 6.07) is 3.55. The van der Waals surface area contributed by atoms with E-state index in [2.05, 4.69) is 4.74 Å². The third-order valence-corrected chi connectivity index (χ3v) is 1.49. The van der Waals surface area contributed by atoms with Crippen molar-refractivity contribution >= 4 is 12.0 Å². The molecule has 0 heterocycles. The lowest BCUT2D eigenvalue weighted by Gasteiger charge is -2.02. The average Bonchev–Trinajstić information content (AvgIpc) is 2.17. The summed E-state index contributed by atoms with van der Waals surface area (Å²) in [7, 11) is 0. The molecular formula is C8H7NO5. The molecule has 0 aliphatic heterocycles. The van der Waals surface area contributed by atoms with Crippen LogP contribution in [0.1, 0.15) is 10.4 Å². The van der Waals surface area contributed by atoms with Crippen LogP contribution in [-0.2, 0) is 0 Å². The van der Waals surface area contributed by atoms with Crippen LogP contribution in [0, 0.1) is 10.1 Å². The number of nitro benzene ring substituents is 1. The third-order valence-electron chi connectivity index (χ3n) is 1.49. The van der Waals surface area contributed by atoms with E-state index in [1.54, 1.807) is 0 Å². The van der Waals surface area contributed by atoms with Crippen molar-refractivity contribution in [3.63, 3.8) is 0 Å². The number of nitro groups is 1. The molecule has 0 aliphatic rings. The Kier molecular flexibility index (Phi) is 3.14. The van der Waals surface area contributed by atoms with Crippen LogP contribution < -0.4 is 4.74 Å². The Hall–Kier alpha value is -1.95. The molecule has 0 radical (unpaired) electrons. The van der Waals surface area contributed by atoms with E-state index in [0.29, 0.717) is 6.29 Å². The molecule has 0 aromatic heterocycles. The molecule has 6 heteroatoms. The van der Waals surface area contributed by atoms with Gasteiger partial charge in [-0.3, -0.25) is 14.9 Å². The largest absolute Gasteiger partial charge is 0.467 e. The van der Waals surface area contributed by atoms with Crippen LogP contribution in [0.3, 0.4) is 0 Å². The fourth-order valence-corrected chi connectivity index (χ4v) is 0.937. The molecule has 1 aromatic rings. The standard InChI is InChI=1S/C8H7NO5/c10-4-6-1-7(9(12)13)3-8(2-6)14-5-11/h1-4,11H,5H2. The van der Waals surface area contributed by atoms with Crippen LogP contribution in [0.25, 0.3) is 0 Å². The molecule has 1 rings (SSSR count). The molecule has 0 atom stereocenters. The van der Waals surface area contributed by atoms with Gasteiger partial charge in [0.1, 0.15) is 12.0 Å². The van der Waals surface area contributed by atoms with Gasteiger partial charge in [0, 0.05) is 11.6 Å². The lowest BCUT2D eigenvalue weighted by Crippen LogP contribution is -1.97. The summed E-state index contributed by atoms with van der Waals surface area (Å²) in [5, 5.41) is 18.8. The van der Waals surface area contributed by atoms with Gasteiger partial charge >= 0.3 is 0 Å². The van der Waals surface area contributed by atoms with Crippen molar-refractivity contribution in [3.05, 3.63) is 33.9 Å². The first kappa shape index (κ1) is 10.1. The van der Waals surface area contributed by atoms with Gasteiger partial charge in [0.05, 0.1) is 11.0 Å². The monoisotopic (exact) mass is 197 g/mol. The van der Waals surface area contributed by atoms with Gasteiger partial charge in [-0.05, 0) is 6.07 Å². The Bertz CT molecular complexity index is 363. The molecule has 0 saturated heterocycles. The maximum Gasteiger partial charge on any atom is 0.273 e. The van der Waals surface area contributed by atoms with Crippen LogP contribution in [0.4, 0.5) is 5.69 Å². The minimum atomic E-state index is -0.642. The Morgan fingerprint density at radius 3 is 2.71 bits per heavy atom. The molecule has 74 valence electrons. The fourth-order valence-electron chi connectivity index (χ4n) is 0.937. The molecular weight excluding hydrogens is 190 g/mol. The highest BCUT2D eigenvalue weighted by Crippen LogP contribution is 2.21. The van der Waals surface area contributed by atoms with Gasteiger partial charge in [-0.15, -0.1) is 0 Å². The van der Waals surface area contributed by atoms with Gasteiger partial charge in [0.15, 0.2) is 6.79 Å². The molecule has 0 unspecified atom stereocenters. The molecule has 1 N–H and O–H groups in total. The molecule has 6 nitrogen and oxygen atoms in total. The van der Waals surface area contributed by atoms with Gasteiger partial charge in [-0.2, -0.15) is 0 Å². The zero-order chi connectivity index (χ0) is 10.6. The second-order valence-corrected chi connectivity index (χ2v) is 2.41. The number of ether oxygens (including phenoxy) is 1. The van der Waals surface area contributed by atoms with Crippen LogP contribution in [-0.4, -0.2) is 23.1 Å². The minimum absolute atomic E-state index is 0.0869. The van der Waals surface area contributed by atoms with Crippen molar-refractivity contribution in [2.75, 3.05) is 6.79 Å². The number of aliphatic hydroxyl groups excluding tert-OH is 1. The summed E-state index contributed by atoms with van der Waals surface area (Å²) in [5.74, 6) is 0.0869. The highest BCUT2D eigenvalue weighted by atomic mass is 16.6. The average molecular weight is 197 g/mol. The summed E-state index contributed by atoms with van der Waals surface area (Å²) in [6.07, 6.45) is 0.469. The predicted molar refractivity (Wildman–Crippen MR) is 46.2 cm³/mol. The zero-order valence-electron chi connectivity index (χ0n) is 7.04. The van der Waals surface area contributed by atoms with E-state index in [1.165, 1.54) is 6.07 Å². The van der Waals surface area contributed by atoms with Crippen LogP contribution in [0.2, 0.25) is 0 Å². The van der Waals surface area contributed by atoms with Gasteiger partial charge in [0.25, 0.3) is 5.69 Å². The predicted octanol–water partition coefficient (Wildman–Crippen LogP) is 0.736. The van der Waals surface area contributed by atoms with E-state index in [4.69, 9.17) is 5.11 Å². The number of non-ortho nitro benzene ring substituents is 1. The molecule has 0 spiro atoms. The summed E-state index contributed by atoms with van der Waals surface area (Å²) >= 11 is 0. The van der Waals surface area contributed by atoms with Crippen molar-refractivity contribution < 1.29 is 19.6 Å². The maximum absolute atomic E-state index is 10.4. The highest BCUT2D eigenvalue weighted by molar-refractivity contribution is 5.77. The van der Waals surface area contributed by atoms with E-state index in [0.717, 1.165) is 12.1 Å². The first-order valence-corrected chi connectivity index (χ1v) is 3.65. The minimum Gasteiger partial charge on any atom is -0.467 e. The van der Waals surface area contributed by atoms with Crippen molar-refractivity contribution in [3.8, 4) is 5.75 Å². The molecule has 14 heavy (non-hydrogen) atoms. The van der Waals surface area contributed by atoms with E-state index in [9.17, 15) is 14.9 Å². The van der Waals surface area contributed by atoms with Gasteiger partial charge in [0.2, 0.25) is 0 Å². The lowest BCUT2D eigenvalue weighted by molar-refractivity contribution is -0.385. The zero-order valence-corrected chi connectivity index (χ0v) is 7.04. The topological polar surface area (TPSA) is 89.7 Å². The summed E-state index contributed by atoms with van der Waals surface area (Å²) in [5.41, 5.74) is -0.124. The molecule has 0 bridgehead atoms. The number of carbonyl (C=O) groups excluding carboxylic acids is 1. The SMILES string of the molecule is O=Cc1cc(OCO)cc([N+](=O)[O-])c1. The summed E-state index contributed by atoms with van der Waals surface area (Å²) < 4.78 is 4.63. The summed E-state index contributed by atoms with van der Waals surface area (Å²) in [6.45, 7) is -0.598. The molecule has 1 aromatic carbocycles. The van der Waals surface area contributed by atoms with Crippen molar-refractivity contribution in [1.82, 2.24) is 0 Å². The Morgan fingerprint density at radius 2 is 2.21 bits per heavy atom. The smallest absolute Gasteiger partial charge is 0.273 e. The number of nitrogens with zero attached hydrogens (tertiary/aromatic N) is 1. The van der Waals surface area contributed by atoms with Gasteiger partial charge in [-0.25, -0.2) is 0 Å². The third kappa shape index (κ3) is 2.27. The van der Waals surface area contributed by atoms with Crippen LogP contribution in [0.15, 0.2) is 18.2 Å². The Labute approximate surface area is 78.9 Å². The van der Waals surface area contributed by atoms with Crippen molar-refractivity contribution in [2.45, 2.75) is 0 Å². The first-order chi connectivity index (χ1) is 6.67. The summed E-state index contributed by atoms with van der Waals surface area (Å²) in [4.78, 5) is 20.2. The number of rotatable bonds is 4. The second kappa shape index (κ2) is 4.33.